The van der Waals surface area contributed by atoms with E-state index in [1.54, 1.807) is 6.08 Å². The van der Waals surface area contributed by atoms with Crippen LogP contribution >= 0.6 is 0 Å². The predicted octanol–water partition coefficient (Wildman–Crippen LogP) is 7.02. The van der Waals surface area contributed by atoms with E-state index in [0.29, 0.717) is 5.41 Å². The van der Waals surface area contributed by atoms with Gasteiger partial charge in [0.05, 0.1) is 0 Å². The number of hydrogen-bond acceptors (Lipinski definition) is 0. The molecule has 0 heterocycles. The van der Waals surface area contributed by atoms with E-state index < -0.39 is 0 Å². The second kappa shape index (κ2) is 7.37. The molecule has 0 spiro atoms. The van der Waals surface area contributed by atoms with E-state index in [-0.39, 0.29) is 0 Å². The number of hydrogen-bond donors (Lipinski definition) is 0. The summed E-state index contributed by atoms with van der Waals surface area (Å²) in [5.41, 5.74) is 2.50. The van der Waals surface area contributed by atoms with Gasteiger partial charge in [-0.15, -0.1) is 6.58 Å². The van der Waals surface area contributed by atoms with Gasteiger partial charge < -0.3 is 0 Å². The summed E-state index contributed by atoms with van der Waals surface area (Å²) in [4.78, 5) is 0. The molecule has 0 aliphatic heterocycles. The highest BCUT2D eigenvalue weighted by molar-refractivity contribution is 5.21. The lowest BCUT2D eigenvalue weighted by Crippen LogP contribution is -2.46. The molecule has 5 atom stereocenters. The number of fused-ring (bicyclic) bond motifs is 3. The first-order chi connectivity index (χ1) is 10.4. The summed E-state index contributed by atoms with van der Waals surface area (Å²) in [6, 6.07) is 0. The summed E-state index contributed by atoms with van der Waals surface area (Å²) in [6.07, 6.45) is 14.7. The fourth-order valence-corrected chi connectivity index (χ4v) is 5.77. The molecule has 0 bridgehead atoms. The standard InChI is InChI=1S/C19H32.C3H6/c1-13(2)15-7-10-18-16(12-15)8-9-17-14(3)6-5-11-19(17,18)4;1-3-2/h12-15,17-18H,5-11H2,1-4H3;3H,1H2,2H3/t14?,15-,17-,18-,19?;/m0./s1. The quantitative estimate of drug-likeness (QED) is 0.456. The molecular weight excluding hydrogens is 264 g/mol. The molecule has 3 rings (SSSR count). The van der Waals surface area contributed by atoms with E-state index >= 15 is 0 Å². The highest BCUT2D eigenvalue weighted by Crippen LogP contribution is 2.59. The van der Waals surface area contributed by atoms with E-state index in [0.717, 1.165) is 29.6 Å². The number of rotatable bonds is 1. The molecule has 2 unspecified atom stereocenters. The zero-order chi connectivity index (χ0) is 16.3. The summed E-state index contributed by atoms with van der Waals surface area (Å²) in [5, 5.41) is 0. The molecule has 0 saturated heterocycles. The maximum Gasteiger partial charge on any atom is -0.0146 e. The van der Waals surface area contributed by atoms with Gasteiger partial charge in [-0.25, -0.2) is 0 Å². The van der Waals surface area contributed by atoms with Gasteiger partial charge in [0.25, 0.3) is 0 Å². The minimum atomic E-state index is 0.643. The van der Waals surface area contributed by atoms with Gasteiger partial charge in [0.1, 0.15) is 0 Å². The van der Waals surface area contributed by atoms with Gasteiger partial charge in [-0.2, -0.15) is 0 Å². The fourth-order valence-electron chi connectivity index (χ4n) is 5.77. The van der Waals surface area contributed by atoms with Crippen LogP contribution in [-0.2, 0) is 0 Å². The minimum absolute atomic E-state index is 0.643. The third-order valence-corrected chi connectivity index (χ3v) is 6.97. The van der Waals surface area contributed by atoms with Crippen molar-refractivity contribution < 1.29 is 0 Å². The largest absolute Gasteiger partial charge is 0.103 e. The third kappa shape index (κ3) is 3.36. The zero-order valence-corrected chi connectivity index (χ0v) is 15.7. The predicted molar refractivity (Wildman–Crippen MR) is 98.9 cm³/mol. The first kappa shape index (κ1) is 17.8. The second-order valence-corrected chi connectivity index (χ2v) is 8.71. The van der Waals surface area contributed by atoms with Crippen molar-refractivity contribution in [3.63, 3.8) is 0 Å². The summed E-state index contributed by atoms with van der Waals surface area (Å²) in [5.74, 6) is 4.63. The van der Waals surface area contributed by atoms with Crippen molar-refractivity contribution in [2.75, 3.05) is 0 Å². The molecule has 0 aromatic carbocycles. The number of allylic oxidation sites excluding steroid dienone is 3. The zero-order valence-electron chi connectivity index (χ0n) is 15.7. The van der Waals surface area contributed by atoms with Crippen LogP contribution < -0.4 is 0 Å². The molecule has 0 aromatic rings. The first-order valence-electron chi connectivity index (χ1n) is 9.71. The van der Waals surface area contributed by atoms with Crippen molar-refractivity contribution in [3.05, 3.63) is 24.3 Å². The smallest absolute Gasteiger partial charge is 0.0146 e. The maximum absolute atomic E-state index is 3.36. The Morgan fingerprint density at radius 2 is 1.91 bits per heavy atom. The van der Waals surface area contributed by atoms with Crippen molar-refractivity contribution in [2.24, 2.45) is 35.0 Å². The molecule has 0 heteroatoms. The van der Waals surface area contributed by atoms with E-state index in [2.05, 4.69) is 40.3 Å². The van der Waals surface area contributed by atoms with E-state index in [4.69, 9.17) is 0 Å². The maximum atomic E-state index is 3.36. The molecule has 0 aromatic heterocycles. The fraction of sp³-hybridized carbons (Fsp3) is 0.818. The van der Waals surface area contributed by atoms with Crippen LogP contribution in [0.3, 0.4) is 0 Å². The van der Waals surface area contributed by atoms with Crippen LogP contribution in [0.25, 0.3) is 0 Å². The molecule has 0 radical (unpaired) electrons. The van der Waals surface area contributed by atoms with Crippen LogP contribution in [0.15, 0.2) is 24.3 Å². The van der Waals surface area contributed by atoms with Crippen molar-refractivity contribution >= 4 is 0 Å². The van der Waals surface area contributed by atoms with Crippen LogP contribution in [0.2, 0.25) is 0 Å². The lowest BCUT2D eigenvalue weighted by molar-refractivity contribution is -0.0127. The Hall–Kier alpha value is -0.520. The summed E-state index contributed by atoms with van der Waals surface area (Å²) in [7, 11) is 0. The Balaban J connectivity index is 0.000000545. The van der Waals surface area contributed by atoms with Crippen molar-refractivity contribution in [1.29, 1.82) is 0 Å². The summed E-state index contributed by atoms with van der Waals surface area (Å²) in [6.45, 7) is 15.2. The molecule has 2 fully saturated rings. The first-order valence-corrected chi connectivity index (χ1v) is 9.71. The second-order valence-electron chi connectivity index (χ2n) is 8.71. The van der Waals surface area contributed by atoms with Crippen molar-refractivity contribution in [2.45, 2.75) is 79.6 Å². The van der Waals surface area contributed by atoms with Crippen LogP contribution in [0.5, 0.6) is 0 Å². The lowest BCUT2D eigenvalue weighted by atomic mass is 9.49. The Morgan fingerprint density at radius 1 is 1.23 bits per heavy atom. The van der Waals surface area contributed by atoms with Crippen LogP contribution in [0.1, 0.15) is 79.6 Å². The highest BCUT2D eigenvalue weighted by Gasteiger charge is 2.49. The SMILES string of the molecule is C=CC.CC(C)[C@@H]1C=C2CC[C@H]3C(C)CCCC3(C)[C@H]2CC1. The van der Waals surface area contributed by atoms with Gasteiger partial charge in [-0.1, -0.05) is 58.3 Å². The topological polar surface area (TPSA) is 0 Å². The average molecular weight is 303 g/mol. The van der Waals surface area contributed by atoms with Gasteiger partial charge in [0.15, 0.2) is 0 Å². The molecule has 0 amide bonds. The molecule has 22 heavy (non-hydrogen) atoms. The molecule has 3 aliphatic rings. The minimum Gasteiger partial charge on any atom is -0.103 e. The van der Waals surface area contributed by atoms with Gasteiger partial charge >= 0.3 is 0 Å². The van der Waals surface area contributed by atoms with Gasteiger partial charge in [0.2, 0.25) is 0 Å². The molecule has 3 aliphatic carbocycles. The van der Waals surface area contributed by atoms with E-state index in [1.165, 1.54) is 44.9 Å². The summed E-state index contributed by atoms with van der Waals surface area (Å²) < 4.78 is 0. The van der Waals surface area contributed by atoms with Crippen LogP contribution in [0.4, 0.5) is 0 Å². The van der Waals surface area contributed by atoms with Crippen LogP contribution in [-0.4, -0.2) is 0 Å². The van der Waals surface area contributed by atoms with Crippen molar-refractivity contribution in [1.82, 2.24) is 0 Å². The highest BCUT2D eigenvalue weighted by atomic mass is 14.5. The van der Waals surface area contributed by atoms with Gasteiger partial charge in [-0.05, 0) is 74.0 Å². The van der Waals surface area contributed by atoms with Gasteiger partial charge in [0, 0.05) is 0 Å². The Bertz CT molecular complexity index is 402. The molecular formula is C22H38. The van der Waals surface area contributed by atoms with E-state index in [9.17, 15) is 0 Å². The summed E-state index contributed by atoms with van der Waals surface area (Å²) >= 11 is 0. The van der Waals surface area contributed by atoms with Gasteiger partial charge in [-0.3, -0.25) is 0 Å². The molecule has 126 valence electrons. The Kier molecular flexibility index (Phi) is 5.97. The van der Waals surface area contributed by atoms with Crippen molar-refractivity contribution in [3.8, 4) is 0 Å². The Morgan fingerprint density at radius 3 is 2.55 bits per heavy atom. The molecule has 0 N–H and O–H groups in total. The Labute approximate surface area is 139 Å². The normalized spacial score (nSPS) is 40.7. The molecule has 2 saturated carbocycles. The lowest BCUT2D eigenvalue weighted by Gasteiger charge is -2.55. The monoisotopic (exact) mass is 302 g/mol. The van der Waals surface area contributed by atoms with E-state index in [1.807, 2.05) is 12.5 Å². The molecule has 0 nitrogen and oxygen atoms in total. The third-order valence-electron chi connectivity index (χ3n) is 6.97. The average Bonchev–Trinajstić information content (AvgIpc) is 2.47. The van der Waals surface area contributed by atoms with Crippen LogP contribution in [0, 0.1) is 35.0 Å².